The second-order valence-corrected chi connectivity index (χ2v) is 2.35. The number of hydrogen-bond acceptors (Lipinski definition) is 4. The van der Waals surface area contributed by atoms with Gasteiger partial charge in [0.15, 0.2) is 0 Å². The average molecular weight is 166 g/mol. The minimum absolute atomic E-state index is 0.318. The van der Waals surface area contributed by atoms with E-state index in [9.17, 15) is 4.79 Å². The van der Waals surface area contributed by atoms with Crippen molar-refractivity contribution in [2.75, 3.05) is 7.11 Å². The lowest BCUT2D eigenvalue weighted by atomic mass is 10.2. The molecule has 1 aromatic rings. The molecule has 0 saturated heterocycles. The van der Waals surface area contributed by atoms with E-state index >= 15 is 0 Å². The number of nitrogens with zero attached hydrogens (tertiary/aromatic N) is 2. The van der Waals surface area contributed by atoms with Gasteiger partial charge >= 0.3 is 5.97 Å². The Morgan fingerprint density at radius 1 is 1.50 bits per heavy atom. The summed E-state index contributed by atoms with van der Waals surface area (Å²) in [5.74, 6) is -0.221. The largest absolute Gasteiger partial charge is 0.468 e. The Hall–Kier alpha value is -1.45. The summed E-state index contributed by atoms with van der Waals surface area (Å²) in [6.07, 6.45) is 3.20. The van der Waals surface area contributed by atoms with Gasteiger partial charge in [0.05, 0.1) is 7.11 Å². The van der Waals surface area contributed by atoms with Gasteiger partial charge in [-0.05, 0) is 13.0 Å². The van der Waals surface area contributed by atoms with Crippen LogP contribution in [0.5, 0.6) is 0 Å². The monoisotopic (exact) mass is 166 g/mol. The zero-order valence-electron chi connectivity index (χ0n) is 7.02. The summed E-state index contributed by atoms with van der Waals surface area (Å²) < 4.78 is 4.55. The fourth-order valence-electron chi connectivity index (χ4n) is 0.816. The molecule has 4 nitrogen and oxygen atoms in total. The SMILES string of the molecule is COC(=O)C(C)c1ncccn1. The van der Waals surface area contributed by atoms with Gasteiger partial charge in [-0.25, -0.2) is 9.97 Å². The molecular weight excluding hydrogens is 156 g/mol. The summed E-state index contributed by atoms with van der Waals surface area (Å²) in [5.41, 5.74) is 0. The molecule has 0 N–H and O–H groups in total. The van der Waals surface area contributed by atoms with E-state index < -0.39 is 5.92 Å². The lowest BCUT2D eigenvalue weighted by molar-refractivity contribution is -0.142. The Labute approximate surface area is 70.6 Å². The van der Waals surface area contributed by atoms with Gasteiger partial charge in [0, 0.05) is 12.4 Å². The van der Waals surface area contributed by atoms with Crippen molar-refractivity contribution < 1.29 is 9.53 Å². The Kier molecular flexibility index (Phi) is 2.74. The molecule has 4 heteroatoms. The first-order valence-electron chi connectivity index (χ1n) is 3.60. The third-order valence-corrected chi connectivity index (χ3v) is 1.53. The summed E-state index contributed by atoms with van der Waals surface area (Å²) in [6, 6.07) is 1.70. The minimum atomic E-state index is -0.392. The number of ether oxygens (including phenoxy) is 1. The van der Waals surface area contributed by atoms with Gasteiger partial charge in [-0.1, -0.05) is 0 Å². The molecule has 0 bridgehead atoms. The van der Waals surface area contributed by atoms with Crippen molar-refractivity contribution in [3.8, 4) is 0 Å². The van der Waals surface area contributed by atoms with Gasteiger partial charge in [-0.15, -0.1) is 0 Å². The molecule has 12 heavy (non-hydrogen) atoms. The molecule has 0 aliphatic carbocycles. The molecule has 0 fully saturated rings. The van der Waals surface area contributed by atoms with Gasteiger partial charge in [0.1, 0.15) is 11.7 Å². The van der Waals surface area contributed by atoms with E-state index in [-0.39, 0.29) is 5.97 Å². The van der Waals surface area contributed by atoms with Crippen molar-refractivity contribution in [1.82, 2.24) is 9.97 Å². The summed E-state index contributed by atoms with van der Waals surface area (Å²) in [5, 5.41) is 0. The van der Waals surface area contributed by atoms with Crippen LogP contribution in [0.1, 0.15) is 18.7 Å². The summed E-state index contributed by atoms with van der Waals surface area (Å²) in [4.78, 5) is 18.9. The van der Waals surface area contributed by atoms with E-state index in [0.717, 1.165) is 0 Å². The third kappa shape index (κ3) is 1.78. The zero-order valence-corrected chi connectivity index (χ0v) is 7.02. The van der Waals surface area contributed by atoms with Gasteiger partial charge in [0.25, 0.3) is 0 Å². The van der Waals surface area contributed by atoms with Crippen LogP contribution in [0, 0.1) is 0 Å². The number of esters is 1. The highest BCUT2D eigenvalue weighted by molar-refractivity contribution is 5.76. The van der Waals surface area contributed by atoms with Gasteiger partial charge in [0.2, 0.25) is 0 Å². The lowest BCUT2D eigenvalue weighted by Gasteiger charge is -2.05. The summed E-state index contributed by atoms with van der Waals surface area (Å²) in [6.45, 7) is 1.71. The first kappa shape index (κ1) is 8.64. The van der Waals surface area contributed by atoms with Crippen molar-refractivity contribution in [2.24, 2.45) is 0 Å². The standard InChI is InChI=1S/C8H10N2O2/c1-6(8(11)12-2)7-9-4-3-5-10-7/h3-6H,1-2H3. The molecule has 0 aliphatic rings. The molecule has 1 aromatic heterocycles. The first-order valence-corrected chi connectivity index (χ1v) is 3.60. The Balaban J connectivity index is 2.78. The minimum Gasteiger partial charge on any atom is -0.468 e. The zero-order chi connectivity index (χ0) is 8.97. The number of methoxy groups -OCH3 is 1. The van der Waals surface area contributed by atoms with Crippen molar-refractivity contribution in [1.29, 1.82) is 0 Å². The average Bonchev–Trinajstić information content (AvgIpc) is 2.17. The van der Waals surface area contributed by atoms with Crippen LogP contribution in [-0.2, 0) is 9.53 Å². The van der Waals surface area contributed by atoms with Crippen molar-refractivity contribution in [3.63, 3.8) is 0 Å². The maximum absolute atomic E-state index is 11.0. The molecule has 0 amide bonds. The van der Waals surface area contributed by atoms with E-state index in [4.69, 9.17) is 0 Å². The number of carbonyl (C=O) groups excluding carboxylic acids is 1. The smallest absolute Gasteiger partial charge is 0.316 e. The molecule has 1 rings (SSSR count). The molecule has 0 radical (unpaired) electrons. The van der Waals surface area contributed by atoms with Crippen LogP contribution >= 0.6 is 0 Å². The lowest BCUT2D eigenvalue weighted by Crippen LogP contribution is -2.13. The Bertz CT molecular complexity index is 261. The van der Waals surface area contributed by atoms with Crippen molar-refractivity contribution in [3.05, 3.63) is 24.3 Å². The van der Waals surface area contributed by atoms with E-state index in [1.54, 1.807) is 25.4 Å². The molecule has 0 aliphatic heterocycles. The van der Waals surface area contributed by atoms with Crippen LogP contribution in [0.15, 0.2) is 18.5 Å². The van der Waals surface area contributed by atoms with Crippen LogP contribution in [0.25, 0.3) is 0 Å². The molecule has 64 valence electrons. The van der Waals surface area contributed by atoms with Crippen molar-refractivity contribution >= 4 is 5.97 Å². The predicted octanol–water partition coefficient (Wildman–Crippen LogP) is 0.753. The van der Waals surface area contributed by atoms with Gasteiger partial charge < -0.3 is 4.74 Å². The third-order valence-electron chi connectivity index (χ3n) is 1.53. The highest BCUT2D eigenvalue weighted by Gasteiger charge is 2.17. The highest BCUT2D eigenvalue weighted by atomic mass is 16.5. The molecule has 1 unspecified atom stereocenters. The molecule has 1 heterocycles. The van der Waals surface area contributed by atoms with E-state index in [2.05, 4.69) is 14.7 Å². The molecule has 1 atom stereocenters. The second-order valence-electron chi connectivity index (χ2n) is 2.35. The van der Waals surface area contributed by atoms with Gasteiger partial charge in [-0.3, -0.25) is 4.79 Å². The van der Waals surface area contributed by atoms with Gasteiger partial charge in [-0.2, -0.15) is 0 Å². The van der Waals surface area contributed by atoms with E-state index in [0.29, 0.717) is 5.82 Å². The summed E-state index contributed by atoms with van der Waals surface area (Å²) >= 11 is 0. The molecular formula is C8H10N2O2. The highest BCUT2D eigenvalue weighted by Crippen LogP contribution is 2.09. The van der Waals surface area contributed by atoms with Crippen LogP contribution < -0.4 is 0 Å². The topological polar surface area (TPSA) is 52.1 Å². The van der Waals surface area contributed by atoms with Crippen LogP contribution in [0.3, 0.4) is 0 Å². The number of carbonyl (C=O) groups is 1. The van der Waals surface area contributed by atoms with E-state index in [1.165, 1.54) is 7.11 Å². The molecule has 0 aromatic carbocycles. The Morgan fingerprint density at radius 3 is 2.58 bits per heavy atom. The van der Waals surface area contributed by atoms with Crippen LogP contribution in [-0.4, -0.2) is 23.0 Å². The molecule has 0 saturated carbocycles. The Morgan fingerprint density at radius 2 is 2.08 bits per heavy atom. The fourth-order valence-corrected chi connectivity index (χ4v) is 0.816. The van der Waals surface area contributed by atoms with Crippen LogP contribution in [0.4, 0.5) is 0 Å². The predicted molar refractivity (Wildman–Crippen MR) is 42.5 cm³/mol. The summed E-state index contributed by atoms with van der Waals surface area (Å²) in [7, 11) is 1.35. The number of hydrogen-bond donors (Lipinski definition) is 0. The number of rotatable bonds is 2. The number of aromatic nitrogens is 2. The second kappa shape index (κ2) is 3.80. The first-order chi connectivity index (χ1) is 5.75. The van der Waals surface area contributed by atoms with Crippen molar-refractivity contribution in [2.45, 2.75) is 12.8 Å². The maximum Gasteiger partial charge on any atom is 0.316 e. The van der Waals surface area contributed by atoms with Crippen LogP contribution in [0.2, 0.25) is 0 Å². The normalized spacial score (nSPS) is 12.2. The fraction of sp³-hybridized carbons (Fsp3) is 0.375. The molecule has 0 spiro atoms. The van der Waals surface area contributed by atoms with E-state index in [1.807, 2.05) is 0 Å². The maximum atomic E-state index is 11.0. The quantitative estimate of drug-likeness (QED) is 0.608.